The van der Waals surface area contributed by atoms with E-state index in [4.69, 9.17) is 5.11 Å². The smallest absolute Gasteiger partial charge is 0.317 e. The number of hydrogen-bond acceptors (Lipinski definition) is 3. The molecule has 18 heavy (non-hydrogen) atoms. The van der Waals surface area contributed by atoms with Crippen molar-refractivity contribution in [3.8, 4) is 10.4 Å². The van der Waals surface area contributed by atoms with E-state index in [-0.39, 0.29) is 12.4 Å². The second kappa shape index (κ2) is 5.75. The number of hydrogen-bond donors (Lipinski definition) is 2. The van der Waals surface area contributed by atoms with Crippen LogP contribution in [-0.2, 0) is 11.3 Å². The molecule has 0 bridgehead atoms. The molecular formula is C13H12FNO2S. The van der Waals surface area contributed by atoms with Gasteiger partial charge in [-0.1, -0.05) is 12.1 Å². The van der Waals surface area contributed by atoms with Crippen molar-refractivity contribution in [2.75, 3.05) is 6.54 Å². The number of nitrogens with one attached hydrogen (secondary N) is 1. The van der Waals surface area contributed by atoms with E-state index >= 15 is 0 Å². The number of aliphatic carboxylic acids is 1. The van der Waals surface area contributed by atoms with E-state index in [1.54, 1.807) is 12.1 Å². The third kappa shape index (κ3) is 3.15. The Morgan fingerprint density at radius 1 is 1.39 bits per heavy atom. The van der Waals surface area contributed by atoms with Crippen molar-refractivity contribution in [2.45, 2.75) is 6.54 Å². The molecule has 0 atom stereocenters. The molecule has 0 saturated heterocycles. The van der Waals surface area contributed by atoms with Crippen molar-refractivity contribution in [3.05, 3.63) is 47.1 Å². The maximum atomic E-state index is 13.7. The molecule has 1 aromatic heterocycles. The van der Waals surface area contributed by atoms with Crippen molar-refractivity contribution >= 4 is 17.3 Å². The van der Waals surface area contributed by atoms with E-state index in [1.165, 1.54) is 17.4 Å². The molecule has 0 saturated carbocycles. The van der Waals surface area contributed by atoms with Crippen molar-refractivity contribution < 1.29 is 14.3 Å². The van der Waals surface area contributed by atoms with Gasteiger partial charge in [-0.2, -0.15) is 0 Å². The van der Waals surface area contributed by atoms with E-state index in [0.717, 1.165) is 10.4 Å². The van der Waals surface area contributed by atoms with Crippen LogP contribution in [-0.4, -0.2) is 17.6 Å². The Kier molecular flexibility index (Phi) is 4.07. The molecule has 0 aliphatic carbocycles. The van der Waals surface area contributed by atoms with Gasteiger partial charge in [0, 0.05) is 17.0 Å². The largest absolute Gasteiger partial charge is 0.480 e. The Morgan fingerprint density at radius 3 is 2.89 bits per heavy atom. The van der Waals surface area contributed by atoms with Crippen molar-refractivity contribution in [1.29, 1.82) is 0 Å². The summed E-state index contributed by atoms with van der Waals surface area (Å²) in [5.74, 6) is -1.17. The van der Waals surface area contributed by atoms with Gasteiger partial charge in [0.1, 0.15) is 5.82 Å². The fourth-order valence-corrected chi connectivity index (χ4v) is 2.36. The molecule has 0 amide bonds. The fourth-order valence-electron chi connectivity index (χ4n) is 1.62. The predicted molar refractivity (Wildman–Crippen MR) is 69.1 cm³/mol. The van der Waals surface area contributed by atoms with Gasteiger partial charge in [-0.05, 0) is 29.1 Å². The van der Waals surface area contributed by atoms with Crippen LogP contribution in [0.5, 0.6) is 0 Å². The van der Waals surface area contributed by atoms with Gasteiger partial charge in [0.2, 0.25) is 0 Å². The van der Waals surface area contributed by atoms with Gasteiger partial charge >= 0.3 is 5.97 Å². The molecule has 2 N–H and O–H groups in total. The normalized spacial score (nSPS) is 10.5. The zero-order valence-corrected chi connectivity index (χ0v) is 10.3. The summed E-state index contributed by atoms with van der Waals surface area (Å²) in [5, 5.41) is 13.2. The Labute approximate surface area is 108 Å². The quantitative estimate of drug-likeness (QED) is 0.874. The number of benzene rings is 1. The second-order valence-corrected chi connectivity index (χ2v) is 4.74. The molecule has 0 fully saturated rings. The lowest BCUT2D eigenvalue weighted by Gasteiger charge is -2.06. The van der Waals surface area contributed by atoms with Gasteiger partial charge < -0.3 is 10.4 Å². The molecule has 5 heteroatoms. The van der Waals surface area contributed by atoms with Crippen LogP contribution in [0, 0.1) is 5.82 Å². The van der Waals surface area contributed by atoms with Crippen LogP contribution in [0.4, 0.5) is 4.39 Å². The monoisotopic (exact) mass is 265 g/mol. The van der Waals surface area contributed by atoms with Gasteiger partial charge in [0.25, 0.3) is 0 Å². The second-order valence-electron chi connectivity index (χ2n) is 3.79. The summed E-state index contributed by atoms with van der Waals surface area (Å²) in [7, 11) is 0. The Bertz CT molecular complexity index is 540. The minimum absolute atomic E-state index is 0.105. The van der Waals surface area contributed by atoms with Gasteiger partial charge in [0.05, 0.1) is 6.54 Å². The third-order valence-corrected chi connectivity index (χ3v) is 3.33. The van der Waals surface area contributed by atoms with Crippen LogP contribution in [0.3, 0.4) is 0 Å². The lowest BCUT2D eigenvalue weighted by atomic mass is 10.1. The van der Waals surface area contributed by atoms with Crippen molar-refractivity contribution in [1.82, 2.24) is 5.32 Å². The molecule has 1 aromatic carbocycles. The number of carboxylic acid groups (broad SMARTS) is 1. The Morgan fingerprint density at radius 2 is 2.22 bits per heavy atom. The zero-order valence-electron chi connectivity index (χ0n) is 9.52. The number of carbonyl (C=O) groups is 1. The van der Waals surface area contributed by atoms with Crippen molar-refractivity contribution in [3.63, 3.8) is 0 Å². The van der Waals surface area contributed by atoms with E-state index in [9.17, 15) is 9.18 Å². The summed E-state index contributed by atoms with van der Waals surface area (Å²) in [6.45, 7) is 0.302. The highest BCUT2D eigenvalue weighted by Gasteiger charge is 2.07. The minimum Gasteiger partial charge on any atom is -0.480 e. The van der Waals surface area contributed by atoms with Crippen LogP contribution in [0.15, 0.2) is 35.7 Å². The maximum Gasteiger partial charge on any atom is 0.317 e. The molecule has 3 nitrogen and oxygen atoms in total. The van der Waals surface area contributed by atoms with Gasteiger partial charge in [-0.25, -0.2) is 4.39 Å². The number of rotatable bonds is 5. The fraction of sp³-hybridized carbons (Fsp3) is 0.154. The topological polar surface area (TPSA) is 49.3 Å². The molecule has 2 aromatic rings. The molecule has 0 aliphatic rings. The number of halogens is 1. The first kappa shape index (κ1) is 12.7. The van der Waals surface area contributed by atoms with Crippen LogP contribution >= 0.6 is 11.3 Å². The van der Waals surface area contributed by atoms with Gasteiger partial charge in [-0.3, -0.25) is 4.79 Å². The average Bonchev–Trinajstić information content (AvgIpc) is 2.84. The van der Waals surface area contributed by atoms with E-state index in [2.05, 4.69) is 5.32 Å². The molecule has 2 rings (SSSR count). The summed E-state index contributed by atoms with van der Waals surface area (Å²) in [6.07, 6.45) is 0. The Balaban J connectivity index is 2.14. The van der Waals surface area contributed by atoms with E-state index in [1.807, 2.05) is 17.5 Å². The first-order chi connectivity index (χ1) is 8.66. The maximum absolute atomic E-state index is 13.7. The summed E-state index contributed by atoms with van der Waals surface area (Å²) in [5.41, 5.74) is 1.42. The molecule has 0 radical (unpaired) electrons. The van der Waals surface area contributed by atoms with Crippen LogP contribution in [0.25, 0.3) is 10.4 Å². The minimum atomic E-state index is -0.907. The highest BCUT2D eigenvalue weighted by molar-refractivity contribution is 7.13. The summed E-state index contributed by atoms with van der Waals surface area (Å²) >= 11 is 1.47. The van der Waals surface area contributed by atoms with Gasteiger partial charge in [-0.15, -0.1) is 11.3 Å². The van der Waals surface area contributed by atoms with Crippen LogP contribution < -0.4 is 5.32 Å². The molecular weight excluding hydrogens is 253 g/mol. The molecule has 0 aliphatic heterocycles. The number of carboxylic acids is 1. The number of thiophene rings is 1. The zero-order chi connectivity index (χ0) is 13.0. The molecule has 0 spiro atoms. The molecule has 1 heterocycles. The van der Waals surface area contributed by atoms with E-state index < -0.39 is 5.97 Å². The lowest BCUT2D eigenvalue weighted by Crippen LogP contribution is -2.21. The first-order valence-electron chi connectivity index (χ1n) is 5.41. The van der Waals surface area contributed by atoms with Crippen LogP contribution in [0.2, 0.25) is 0 Å². The molecule has 94 valence electrons. The third-order valence-electron chi connectivity index (χ3n) is 2.42. The average molecular weight is 265 g/mol. The van der Waals surface area contributed by atoms with Gasteiger partial charge in [0.15, 0.2) is 0 Å². The Hall–Kier alpha value is -1.72. The standard InChI is InChI=1S/C13H12FNO2S/c14-11-4-3-9(7-15-8-13(16)17)6-10(11)12-2-1-5-18-12/h1-6,15H,7-8H2,(H,16,17). The summed E-state index contributed by atoms with van der Waals surface area (Å²) in [6, 6.07) is 8.54. The SMILES string of the molecule is O=C(O)CNCc1ccc(F)c(-c2cccs2)c1. The molecule has 0 unspecified atom stereocenters. The first-order valence-corrected chi connectivity index (χ1v) is 6.29. The van der Waals surface area contributed by atoms with Crippen molar-refractivity contribution in [2.24, 2.45) is 0 Å². The summed E-state index contributed by atoms with van der Waals surface area (Å²) < 4.78 is 13.7. The predicted octanol–water partition coefficient (Wildman–Crippen LogP) is 2.73. The highest BCUT2D eigenvalue weighted by Crippen LogP contribution is 2.28. The summed E-state index contributed by atoms with van der Waals surface area (Å²) in [4.78, 5) is 11.2. The highest BCUT2D eigenvalue weighted by atomic mass is 32.1. The van der Waals surface area contributed by atoms with Crippen LogP contribution in [0.1, 0.15) is 5.56 Å². The lowest BCUT2D eigenvalue weighted by molar-refractivity contribution is -0.135. The van der Waals surface area contributed by atoms with E-state index in [0.29, 0.717) is 12.1 Å².